The van der Waals surface area contributed by atoms with E-state index in [2.05, 4.69) is 30.4 Å². The molecular weight excluding hydrogens is 442 g/mol. The number of nitrogens with zero attached hydrogens (tertiary/aromatic N) is 7. The minimum absolute atomic E-state index is 0.0244. The number of amides is 1. The second kappa shape index (κ2) is 8.73. The van der Waals surface area contributed by atoms with Crippen molar-refractivity contribution in [2.45, 2.75) is 25.3 Å². The molecule has 1 saturated heterocycles. The number of rotatable bonds is 5. The molecule has 3 aromatic rings. The van der Waals surface area contributed by atoms with Crippen molar-refractivity contribution in [3.63, 3.8) is 0 Å². The predicted molar refractivity (Wildman–Crippen MR) is 113 cm³/mol. The summed E-state index contributed by atoms with van der Waals surface area (Å²) in [5, 5.41) is 7.63. The van der Waals surface area contributed by atoms with Crippen LogP contribution in [-0.2, 0) is 7.05 Å². The van der Waals surface area contributed by atoms with Crippen LogP contribution in [-0.4, -0.2) is 65.6 Å². The van der Waals surface area contributed by atoms with Gasteiger partial charge in [0.25, 0.3) is 11.8 Å². The van der Waals surface area contributed by atoms with E-state index < -0.39 is 30.3 Å². The number of aryl methyl sites for hydroxylation is 1. The molecule has 4 rings (SSSR count). The summed E-state index contributed by atoms with van der Waals surface area (Å²) in [7, 11) is 1.65. The van der Waals surface area contributed by atoms with E-state index in [1.54, 1.807) is 38.6 Å². The summed E-state index contributed by atoms with van der Waals surface area (Å²) in [6.45, 7) is 1.17. The van der Waals surface area contributed by atoms with Crippen LogP contribution in [0.4, 0.5) is 14.7 Å². The Morgan fingerprint density at radius 2 is 1.94 bits per heavy atom. The molecule has 0 unspecified atom stereocenters. The van der Waals surface area contributed by atoms with Gasteiger partial charge in [0.05, 0.1) is 35.6 Å². The van der Waals surface area contributed by atoms with Crippen LogP contribution in [0.2, 0.25) is 5.02 Å². The van der Waals surface area contributed by atoms with Crippen LogP contribution in [0.3, 0.4) is 0 Å². The van der Waals surface area contributed by atoms with Gasteiger partial charge in [0.1, 0.15) is 0 Å². The molecule has 3 aromatic heterocycles. The highest BCUT2D eigenvalue weighted by Gasteiger charge is 2.47. The van der Waals surface area contributed by atoms with Gasteiger partial charge >= 0.3 is 0 Å². The number of halogens is 3. The summed E-state index contributed by atoms with van der Waals surface area (Å²) in [4.78, 5) is 31.1. The molecule has 1 aliphatic heterocycles. The smallest absolute Gasteiger partial charge is 0.275 e. The molecule has 0 aromatic carbocycles. The van der Waals surface area contributed by atoms with E-state index in [4.69, 9.17) is 11.6 Å². The standard InChI is InChI=1S/C20H21ClF2N8O/c1-12-6-20(22,23)11-31(15(12)9-28-19-26-7-13(21)8-27-19)18(32)16-14(10-30(2)29-16)17-24-4-3-5-25-17/h3-5,7-8,10,12,15H,6,9,11H2,1-2H3,(H,26,27,28)/t12-,15-/m1/s1. The lowest BCUT2D eigenvalue weighted by atomic mass is 9.88. The van der Waals surface area contributed by atoms with Crippen molar-refractivity contribution in [3.8, 4) is 11.4 Å². The summed E-state index contributed by atoms with van der Waals surface area (Å²) >= 11 is 5.81. The fraction of sp³-hybridized carbons (Fsp3) is 0.400. The zero-order chi connectivity index (χ0) is 22.9. The van der Waals surface area contributed by atoms with Gasteiger partial charge in [-0.25, -0.2) is 28.7 Å². The number of alkyl halides is 2. The van der Waals surface area contributed by atoms with Gasteiger partial charge in [0, 0.05) is 38.6 Å². The fourth-order valence-electron chi connectivity index (χ4n) is 3.86. The molecule has 1 aliphatic rings. The number of likely N-dealkylation sites (tertiary alicyclic amines) is 1. The molecule has 0 spiro atoms. The quantitative estimate of drug-likeness (QED) is 0.622. The van der Waals surface area contributed by atoms with Crippen molar-refractivity contribution in [3.05, 3.63) is 47.8 Å². The molecule has 9 nitrogen and oxygen atoms in total. The Balaban J connectivity index is 1.64. The first-order valence-corrected chi connectivity index (χ1v) is 10.3. The van der Waals surface area contributed by atoms with Crippen LogP contribution in [0.1, 0.15) is 23.8 Å². The first-order chi connectivity index (χ1) is 15.2. The van der Waals surface area contributed by atoms with Crippen molar-refractivity contribution >= 4 is 23.5 Å². The zero-order valence-corrected chi connectivity index (χ0v) is 18.2. The molecule has 168 valence electrons. The summed E-state index contributed by atoms with van der Waals surface area (Å²) in [6.07, 6.45) is 7.21. The summed E-state index contributed by atoms with van der Waals surface area (Å²) in [5.74, 6) is -3.51. The van der Waals surface area contributed by atoms with E-state index in [0.29, 0.717) is 22.4 Å². The highest BCUT2D eigenvalue weighted by Crippen LogP contribution is 2.36. The molecule has 1 N–H and O–H groups in total. The second-order valence-corrected chi connectivity index (χ2v) is 8.22. The molecule has 1 fully saturated rings. The number of piperidine rings is 1. The van der Waals surface area contributed by atoms with Crippen LogP contribution >= 0.6 is 11.6 Å². The van der Waals surface area contributed by atoms with Crippen molar-refractivity contribution < 1.29 is 13.6 Å². The number of anilines is 1. The van der Waals surface area contributed by atoms with Gasteiger partial charge in [-0.05, 0) is 12.0 Å². The lowest BCUT2D eigenvalue weighted by Crippen LogP contribution is -2.57. The van der Waals surface area contributed by atoms with Crippen molar-refractivity contribution in [1.29, 1.82) is 0 Å². The van der Waals surface area contributed by atoms with Crippen molar-refractivity contribution in [2.24, 2.45) is 13.0 Å². The molecular formula is C20H21ClF2N8O. The van der Waals surface area contributed by atoms with E-state index in [-0.39, 0.29) is 18.7 Å². The predicted octanol–water partition coefficient (Wildman–Crippen LogP) is 2.92. The van der Waals surface area contributed by atoms with Gasteiger partial charge in [-0.1, -0.05) is 18.5 Å². The monoisotopic (exact) mass is 462 g/mol. The first-order valence-electron chi connectivity index (χ1n) is 9.95. The van der Waals surface area contributed by atoms with Crippen LogP contribution < -0.4 is 5.32 Å². The van der Waals surface area contributed by atoms with Crippen LogP contribution in [0.25, 0.3) is 11.4 Å². The molecule has 4 heterocycles. The Hall–Kier alpha value is -3.21. The molecule has 2 atom stereocenters. The number of aromatic nitrogens is 6. The first kappa shape index (κ1) is 22.0. The van der Waals surface area contributed by atoms with E-state index in [0.717, 1.165) is 0 Å². The Morgan fingerprint density at radius 1 is 1.25 bits per heavy atom. The van der Waals surface area contributed by atoms with Gasteiger partial charge in [0.15, 0.2) is 11.5 Å². The summed E-state index contributed by atoms with van der Waals surface area (Å²) in [5.41, 5.74) is 0.406. The minimum atomic E-state index is -3.01. The Bertz CT molecular complexity index is 1090. The number of carbonyl (C=O) groups excluding carboxylic acids is 1. The average Bonchev–Trinajstić information content (AvgIpc) is 3.15. The molecule has 12 heteroatoms. The maximum absolute atomic E-state index is 14.5. The largest absolute Gasteiger partial charge is 0.352 e. The molecule has 0 bridgehead atoms. The third-order valence-electron chi connectivity index (χ3n) is 5.27. The summed E-state index contributed by atoms with van der Waals surface area (Å²) < 4.78 is 30.4. The SMILES string of the molecule is C[C@@H]1CC(F)(F)CN(C(=O)c2nn(C)cc2-c2ncccn2)[C@@H]1CNc1ncc(Cl)cn1. The number of nitrogens with one attached hydrogen (secondary N) is 1. The van der Waals surface area contributed by atoms with Crippen molar-refractivity contribution in [1.82, 2.24) is 34.6 Å². The maximum atomic E-state index is 14.5. The molecule has 32 heavy (non-hydrogen) atoms. The van der Waals surface area contributed by atoms with E-state index >= 15 is 0 Å². The van der Waals surface area contributed by atoms with Gasteiger partial charge in [0.2, 0.25) is 5.95 Å². The highest BCUT2D eigenvalue weighted by molar-refractivity contribution is 6.30. The van der Waals surface area contributed by atoms with Gasteiger partial charge in [-0.3, -0.25) is 9.48 Å². The van der Waals surface area contributed by atoms with Gasteiger partial charge in [-0.2, -0.15) is 5.10 Å². The van der Waals surface area contributed by atoms with Crippen LogP contribution in [0.15, 0.2) is 37.1 Å². The molecule has 1 amide bonds. The average molecular weight is 463 g/mol. The molecule has 0 saturated carbocycles. The number of hydrogen-bond donors (Lipinski definition) is 1. The van der Waals surface area contributed by atoms with E-state index in [9.17, 15) is 13.6 Å². The van der Waals surface area contributed by atoms with Crippen molar-refractivity contribution in [2.75, 3.05) is 18.4 Å². The van der Waals surface area contributed by atoms with E-state index in [1.165, 1.54) is 22.0 Å². The molecule has 0 aliphatic carbocycles. The number of hydrogen-bond acceptors (Lipinski definition) is 7. The Kier molecular flexibility index (Phi) is 6.00. The number of carbonyl (C=O) groups is 1. The summed E-state index contributed by atoms with van der Waals surface area (Å²) in [6, 6.07) is 1.11. The third-order valence-corrected chi connectivity index (χ3v) is 5.46. The van der Waals surface area contributed by atoms with Gasteiger partial charge < -0.3 is 10.2 Å². The van der Waals surface area contributed by atoms with E-state index in [1.807, 2.05) is 0 Å². The topological polar surface area (TPSA) is 102 Å². The van der Waals surface area contributed by atoms with Crippen LogP contribution in [0, 0.1) is 5.92 Å². The maximum Gasteiger partial charge on any atom is 0.275 e. The Labute approximate surface area is 187 Å². The lowest BCUT2D eigenvalue weighted by molar-refractivity contribution is -0.0898. The molecule has 0 radical (unpaired) electrons. The van der Waals surface area contributed by atoms with Crippen LogP contribution in [0.5, 0.6) is 0 Å². The van der Waals surface area contributed by atoms with Gasteiger partial charge in [-0.15, -0.1) is 0 Å². The minimum Gasteiger partial charge on any atom is -0.352 e. The Morgan fingerprint density at radius 3 is 2.62 bits per heavy atom. The lowest BCUT2D eigenvalue weighted by Gasteiger charge is -2.43. The second-order valence-electron chi connectivity index (χ2n) is 7.78. The highest BCUT2D eigenvalue weighted by atomic mass is 35.5. The normalized spacial score (nSPS) is 20.2. The fourth-order valence-corrected chi connectivity index (χ4v) is 3.96. The third kappa shape index (κ3) is 4.67. The zero-order valence-electron chi connectivity index (χ0n) is 17.4.